The second kappa shape index (κ2) is 6.83. The van der Waals surface area contributed by atoms with Crippen LogP contribution in [-0.4, -0.2) is 8.07 Å². The lowest BCUT2D eigenvalue weighted by atomic mass is 10.1. The summed E-state index contributed by atoms with van der Waals surface area (Å²) in [5, 5.41) is 0. The molecule has 0 atom stereocenters. The first kappa shape index (κ1) is 13.4. The highest BCUT2D eigenvalue weighted by atomic mass is 79.9. The molecule has 0 aliphatic heterocycles. The van der Waals surface area contributed by atoms with E-state index >= 15 is 0 Å². The van der Waals surface area contributed by atoms with E-state index in [2.05, 4.69) is 42.1 Å². The van der Waals surface area contributed by atoms with Gasteiger partial charge in [-0.05, 0) is 17.3 Å². The largest absolute Gasteiger partial charge is 0.0889 e. The van der Waals surface area contributed by atoms with E-state index in [-0.39, 0.29) is 0 Å². The second-order valence-corrected chi connectivity index (χ2v) is 11.7. The van der Waals surface area contributed by atoms with E-state index in [1.165, 1.54) is 31.7 Å². The third kappa shape index (κ3) is 12.4. The van der Waals surface area contributed by atoms with Crippen LogP contribution in [0.2, 0.25) is 25.7 Å². The Morgan fingerprint density at radius 3 is 2.08 bits per heavy atom. The lowest BCUT2D eigenvalue weighted by molar-refractivity contribution is 0.669. The average Bonchev–Trinajstić information content (AvgIpc) is 1.93. The van der Waals surface area contributed by atoms with Gasteiger partial charge in [-0.2, -0.15) is 0 Å². The van der Waals surface area contributed by atoms with Gasteiger partial charge in [-0.25, -0.2) is 0 Å². The number of rotatable bonds is 7. The van der Waals surface area contributed by atoms with Gasteiger partial charge >= 0.3 is 0 Å². The zero-order valence-corrected chi connectivity index (χ0v) is 11.9. The molecule has 0 N–H and O–H groups in total. The van der Waals surface area contributed by atoms with Crippen LogP contribution in [0.1, 0.15) is 32.1 Å². The Morgan fingerprint density at radius 2 is 1.62 bits per heavy atom. The van der Waals surface area contributed by atoms with Crippen molar-refractivity contribution in [3.8, 4) is 0 Å². The summed E-state index contributed by atoms with van der Waals surface area (Å²) in [5.74, 6) is 0. The Kier molecular flexibility index (Phi) is 7.06. The van der Waals surface area contributed by atoms with E-state index in [1.54, 1.807) is 0 Å². The smallest absolute Gasteiger partial charge is 0.0442 e. The van der Waals surface area contributed by atoms with E-state index in [1.807, 2.05) is 0 Å². The van der Waals surface area contributed by atoms with Crippen LogP contribution in [-0.2, 0) is 0 Å². The maximum Gasteiger partial charge on any atom is 0.0442 e. The molecule has 0 aliphatic carbocycles. The van der Waals surface area contributed by atoms with Crippen LogP contribution in [0.25, 0.3) is 0 Å². The van der Waals surface area contributed by atoms with E-state index in [0.717, 1.165) is 10.9 Å². The highest BCUT2D eigenvalue weighted by molar-refractivity contribution is 9.11. The summed E-state index contributed by atoms with van der Waals surface area (Å²) in [7, 11) is -0.766. The summed E-state index contributed by atoms with van der Waals surface area (Å²) in [4.78, 5) is 0. The zero-order chi connectivity index (χ0) is 10.3. The van der Waals surface area contributed by atoms with E-state index in [4.69, 9.17) is 0 Å². The molecule has 0 heterocycles. The minimum Gasteiger partial charge on any atom is -0.0889 e. The SMILES string of the molecule is C=C(Br)CCCCCC[Si](C)(C)C. The molecule has 0 amide bonds. The van der Waals surface area contributed by atoms with Crippen molar-refractivity contribution in [1.29, 1.82) is 0 Å². The zero-order valence-electron chi connectivity index (χ0n) is 9.33. The van der Waals surface area contributed by atoms with Gasteiger partial charge in [0.2, 0.25) is 0 Å². The van der Waals surface area contributed by atoms with Crippen molar-refractivity contribution in [3.63, 3.8) is 0 Å². The monoisotopic (exact) mass is 262 g/mol. The Morgan fingerprint density at radius 1 is 1.08 bits per heavy atom. The summed E-state index contributed by atoms with van der Waals surface area (Å²) >= 11 is 3.39. The average molecular weight is 263 g/mol. The predicted octanol–water partition coefficient (Wildman–Crippen LogP) is 5.18. The molecule has 0 radical (unpaired) electrons. The topological polar surface area (TPSA) is 0 Å². The Balaban J connectivity index is 3.13. The van der Waals surface area contributed by atoms with Gasteiger partial charge in [-0.15, -0.1) is 0 Å². The Hall–Kier alpha value is 0.437. The first-order valence-corrected chi connectivity index (χ1v) is 9.75. The van der Waals surface area contributed by atoms with Crippen LogP contribution in [0.3, 0.4) is 0 Å². The molecule has 78 valence electrons. The maximum atomic E-state index is 3.84. The van der Waals surface area contributed by atoms with Crippen molar-refractivity contribution in [3.05, 3.63) is 11.1 Å². The molecule has 0 nitrogen and oxygen atoms in total. The van der Waals surface area contributed by atoms with Crippen LogP contribution in [0.4, 0.5) is 0 Å². The van der Waals surface area contributed by atoms with Crippen LogP contribution < -0.4 is 0 Å². The molecule has 0 saturated heterocycles. The number of allylic oxidation sites excluding steroid dienone is 1. The third-order valence-corrected chi connectivity index (χ3v) is 4.37. The molecule has 2 heteroatoms. The van der Waals surface area contributed by atoms with E-state index < -0.39 is 8.07 Å². The fourth-order valence-electron chi connectivity index (χ4n) is 1.33. The molecular weight excluding hydrogens is 240 g/mol. The first-order valence-electron chi connectivity index (χ1n) is 5.25. The highest BCUT2D eigenvalue weighted by Gasteiger charge is 2.11. The van der Waals surface area contributed by atoms with Crippen molar-refractivity contribution < 1.29 is 0 Å². The molecular formula is C11H23BrSi. The predicted molar refractivity (Wildman–Crippen MR) is 69.3 cm³/mol. The molecule has 0 saturated carbocycles. The van der Waals surface area contributed by atoms with Crippen molar-refractivity contribution in [2.75, 3.05) is 0 Å². The van der Waals surface area contributed by atoms with Gasteiger partial charge in [0.15, 0.2) is 0 Å². The fraction of sp³-hybridized carbons (Fsp3) is 0.818. The molecule has 0 aromatic carbocycles. The summed E-state index contributed by atoms with van der Waals surface area (Å²) < 4.78 is 1.15. The van der Waals surface area contributed by atoms with Crippen LogP contribution in [0.5, 0.6) is 0 Å². The lowest BCUT2D eigenvalue weighted by Crippen LogP contribution is -2.18. The molecule has 0 unspecified atom stereocenters. The number of hydrogen-bond acceptors (Lipinski definition) is 0. The second-order valence-electron chi connectivity index (χ2n) is 4.99. The number of hydrogen-bond donors (Lipinski definition) is 0. The van der Waals surface area contributed by atoms with Gasteiger partial charge in [0, 0.05) is 8.07 Å². The molecule has 0 rings (SSSR count). The van der Waals surface area contributed by atoms with Crippen molar-refractivity contribution in [2.24, 2.45) is 0 Å². The van der Waals surface area contributed by atoms with Gasteiger partial charge in [-0.3, -0.25) is 0 Å². The van der Waals surface area contributed by atoms with Crippen LogP contribution in [0, 0.1) is 0 Å². The fourth-order valence-corrected chi connectivity index (χ4v) is 2.92. The molecule has 0 aliphatic rings. The molecule has 0 aromatic heterocycles. The maximum absolute atomic E-state index is 3.84. The summed E-state index contributed by atoms with van der Waals surface area (Å²) in [5.41, 5.74) is 0. The van der Waals surface area contributed by atoms with Gasteiger partial charge in [0.25, 0.3) is 0 Å². The van der Waals surface area contributed by atoms with Crippen LogP contribution >= 0.6 is 15.9 Å². The van der Waals surface area contributed by atoms with Crippen molar-refractivity contribution in [1.82, 2.24) is 0 Å². The summed E-state index contributed by atoms with van der Waals surface area (Å²) in [6, 6.07) is 1.49. The van der Waals surface area contributed by atoms with E-state index in [0.29, 0.717) is 0 Å². The van der Waals surface area contributed by atoms with E-state index in [9.17, 15) is 0 Å². The van der Waals surface area contributed by atoms with Gasteiger partial charge in [0.1, 0.15) is 0 Å². The summed E-state index contributed by atoms with van der Waals surface area (Å²) in [6.45, 7) is 11.2. The molecule has 13 heavy (non-hydrogen) atoms. The molecule has 0 bridgehead atoms. The quantitative estimate of drug-likeness (QED) is 0.438. The first-order chi connectivity index (χ1) is 5.92. The minimum absolute atomic E-state index is 0.766. The third-order valence-electron chi connectivity index (χ3n) is 2.12. The number of halogens is 1. The van der Waals surface area contributed by atoms with Gasteiger partial charge in [0.05, 0.1) is 0 Å². The molecule has 0 spiro atoms. The van der Waals surface area contributed by atoms with Crippen molar-refractivity contribution >= 4 is 24.0 Å². The summed E-state index contributed by atoms with van der Waals surface area (Å²) in [6.07, 6.45) is 6.66. The highest BCUT2D eigenvalue weighted by Crippen LogP contribution is 2.17. The van der Waals surface area contributed by atoms with Crippen molar-refractivity contribution in [2.45, 2.75) is 57.8 Å². The standard InChI is InChI=1S/C11H23BrSi/c1-11(12)9-7-5-6-8-10-13(2,3)4/h1,5-10H2,2-4H3. The van der Waals surface area contributed by atoms with Crippen LogP contribution in [0.15, 0.2) is 11.1 Å². The lowest BCUT2D eigenvalue weighted by Gasteiger charge is -2.14. The normalized spacial score (nSPS) is 11.7. The van der Waals surface area contributed by atoms with Gasteiger partial charge in [-0.1, -0.05) is 67.5 Å². The Bertz CT molecular complexity index is 147. The molecule has 0 aromatic rings. The van der Waals surface area contributed by atoms with Gasteiger partial charge < -0.3 is 0 Å². The number of unbranched alkanes of at least 4 members (excludes halogenated alkanes) is 3. The molecule has 0 fully saturated rings. The minimum atomic E-state index is -0.766. The Labute approximate surface area is 92.9 Å².